The van der Waals surface area contributed by atoms with Gasteiger partial charge < -0.3 is 24.4 Å². The van der Waals surface area contributed by atoms with E-state index >= 15 is 0 Å². The molecule has 0 heterocycles. The molecule has 0 saturated heterocycles. The zero-order valence-electron chi connectivity index (χ0n) is 11.5. The highest BCUT2D eigenvalue weighted by Gasteiger charge is 1.92. The smallest absolute Gasteiger partial charge is 0.0701 e. The second kappa shape index (κ2) is 13.9. The molecule has 0 amide bonds. The molecular weight excluding hydrogens is 220 g/mol. The van der Waals surface area contributed by atoms with E-state index in [0.29, 0.717) is 26.4 Å². The molecule has 0 spiro atoms. The van der Waals surface area contributed by atoms with Gasteiger partial charge >= 0.3 is 0 Å². The third kappa shape index (κ3) is 15.8. The molecule has 0 aromatic heterocycles. The molecule has 0 fully saturated rings. The number of ether oxygens (including phenoxy) is 3. The fraction of sp³-hybridized carbons (Fsp3) is 1.00. The number of hydrogen-bond donors (Lipinski definition) is 1. The van der Waals surface area contributed by atoms with E-state index in [1.165, 1.54) is 0 Å². The predicted molar refractivity (Wildman–Crippen MR) is 69.6 cm³/mol. The molecular formula is C12H28N2O3. The number of likely N-dealkylation sites (N-methyl/N-ethyl adjacent to an activating group) is 2. The van der Waals surface area contributed by atoms with E-state index in [1.807, 2.05) is 14.1 Å². The Labute approximate surface area is 105 Å². The van der Waals surface area contributed by atoms with Crippen LogP contribution in [0.15, 0.2) is 0 Å². The van der Waals surface area contributed by atoms with Gasteiger partial charge in [-0.05, 0) is 20.6 Å². The van der Waals surface area contributed by atoms with Crippen LogP contribution in [0, 0.1) is 0 Å². The molecule has 0 aromatic rings. The van der Waals surface area contributed by atoms with E-state index in [1.54, 1.807) is 0 Å². The highest BCUT2D eigenvalue weighted by atomic mass is 16.5. The van der Waals surface area contributed by atoms with Crippen LogP contribution in [0.25, 0.3) is 0 Å². The van der Waals surface area contributed by atoms with E-state index in [-0.39, 0.29) is 0 Å². The van der Waals surface area contributed by atoms with Crippen LogP contribution in [0.4, 0.5) is 0 Å². The summed E-state index contributed by atoms with van der Waals surface area (Å²) in [6.07, 6.45) is 0. The molecule has 0 radical (unpaired) electrons. The Balaban J connectivity index is 2.89. The summed E-state index contributed by atoms with van der Waals surface area (Å²) in [6, 6.07) is 0. The predicted octanol–water partition coefficient (Wildman–Crippen LogP) is 0.207. The maximum Gasteiger partial charge on any atom is 0.0701 e. The standard InChI is InChI=1S/C12H28N2O3/c1-4-13-5-7-15-9-11-17-12-10-16-8-6-14(2)3/h13H,4-12H2,1-3H3. The van der Waals surface area contributed by atoms with Crippen LogP contribution in [-0.4, -0.2) is 78.3 Å². The van der Waals surface area contributed by atoms with Crippen molar-refractivity contribution in [2.24, 2.45) is 0 Å². The first-order chi connectivity index (χ1) is 8.27. The molecule has 0 rings (SSSR count). The molecule has 0 bridgehead atoms. The first-order valence-electron chi connectivity index (χ1n) is 6.36. The van der Waals surface area contributed by atoms with Crippen molar-refractivity contribution in [3.8, 4) is 0 Å². The fourth-order valence-corrected chi connectivity index (χ4v) is 1.11. The Kier molecular flexibility index (Phi) is 13.7. The largest absolute Gasteiger partial charge is 0.378 e. The van der Waals surface area contributed by atoms with Crippen molar-refractivity contribution in [2.75, 3.05) is 73.4 Å². The van der Waals surface area contributed by atoms with Gasteiger partial charge in [-0.1, -0.05) is 6.92 Å². The Morgan fingerprint density at radius 1 is 0.824 bits per heavy atom. The fourth-order valence-electron chi connectivity index (χ4n) is 1.11. The van der Waals surface area contributed by atoms with Crippen molar-refractivity contribution < 1.29 is 14.2 Å². The Morgan fingerprint density at radius 2 is 1.35 bits per heavy atom. The molecule has 104 valence electrons. The van der Waals surface area contributed by atoms with Crippen molar-refractivity contribution in [1.82, 2.24) is 10.2 Å². The van der Waals surface area contributed by atoms with Crippen LogP contribution < -0.4 is 5.32 Å². The summed E-state index contributed by atoms with van der Waals surface area (Å²) in [6.45, 7) is 9.04. The molecule has 1 N–H and O–H groups in total. The molecule has 0 aliphatic rings. The topological polar surface area (TPSA) is 43.0 Å². The van der Waals surface area contributed by atoms with Gasteiger partial charge in [-0.3, -0.25) is 0 Å². The molecule has 0 unspecified atom stereocenters. The van der Waals surface area contributed by atoms with Gasteiger partial charge in [0, 0.05) is 13.1 Å². The van der Waals surface area contributed by atoms with Crippen molar-refractivity contribution >= 4 is 0 Å². The van der Waals surface area contributed by atoms with Crippen LogP contribution in [0.1, 0.15) is 6.92 Å². The summed E-state index contributed by atoms with van der Waals surface area (Å²) >= 11 is 0. The van der Waals surface area contributed by atoms with E-state index in [4.69, 9.17) is 14.2 Å². The molecule has 0 aliphatic carbocycles. The Hall–Kier alpha value is -0.200. The van der Waals surface area contributed by atoms with Gasteiger partial charge in [-0.15, -0.1) is 0 Å². The zero-order valence-corrected chi connectivity index (χ0v) is 11.5. The van der Waals surface area contributed by atoms with E-state index < -0.39 is 0 Å². The Morgan fingerprint density at radius 3 is 1.88 bits per heavy atom. The minimum atomic E-state index is 0.642. The van der Waals surface area contributed by atoms with Crippen molar-refractivity contribution in [2.45, 2.75) is 6.92 Å². The summed E-state index contributed by atoms with van der Waals surface area (Å²) < 4.78 is 16.1. The Bertz CT molecular complexity index is 146. The van der Waals surface area contributed by atoms with Gasteiger partial charge in [0.05, 0.1) is 39.6 Å². The van der Waals surface area contributed by atoms with Crippen molar-refractivity contribution in [3.05, 3.63) is 0 Å². The molecule has 0 atom stereocenters. The van der Waals surface area contributed by atoms with Gasteiger partial charge in [0.1, 0.15) is 0 Å². The quantitative estimate of drug-likeness (QED) is 0.472. The molecule has 0 aromatic carbocycles. The van der Waals surface area contributed by atoms with Crippen LogP contribution in [0.3, 0.4) is 0 Å². The van der Waals surface area contributed by atoms with Gasteiger partial charge in [0.25, 0.3) is 0 Å². The first-order valence-corrected chi connectivity index (χ1v) is 6.36. The number of rotatable bonds is 13. The van der Waals surface area contributed by atoms with E-state index in [2.05, 4.69) is 17.1 Å². The van der Waals surface area contributed by atoms with E-state index in [0.717, 1.165) is 32.8 Å². The third-order valence-electron chi connectivity index (χ3n) is 2.10. The minimum absolute atomic E-state index is 0.642. The minimum Gasteiger partial charge on any atom is -0.378 e. The SMILES string of the molecule is CCNCCOCCOCCOCCN(C)C. The molecule has 5 nitrogen and oxygen atoms in total. The molecule has 0 aliphatic heterocycles. The summed E-state index contributed by atoms with van der Waals surface area (Å²) in [5.41, 5.74) is 0. The summed E-state index contributed by atoms with van der Waals surface area (Å²) in [5, 5.41) is 3.19. The van der Waals surface area contributed by atoms with Gasteiger partial charge in [-0.25, -0.2) is 0 Å². The van der Waals surface area contributed by atoms with Crippen molar-refractivity contribution in [1.29, 1.82) is 0 Å². The maximum absolute atomic E-state index is 5.39. The normalized spacial score (nSPS) is 11.3. The second-order valence-corrected chi connectivity index (χ2v) is 3.99. The second-order valence-electron chi connectivity index (χ2n) is 3.99. The average Bonchev–Trinajstić information content (AvgIpc) is 2.30. The average molecular weight is 248 g/mol. The first kappa shape index (κ1) is 16.8. The lowest BCUT2D eigenvalue weighted by molar-refractivity contribution is 0.0130. The summed E-state index contributed by atoms with van der Waals surface area (Å²) in [7, 11) is 4.06. The van der Waals surface area contributed by atoms with Gasteiger partial charge in [-0.2, -0.15) is 0 Å². The lowest BCUT2D eigenvalue weighted by Crippen LogP contribution is -2.20. The lowest BCUT2D eigenvalue weighted by atomic mass is 10.6. The van der Waals surface area contributed by atoms with Crippen LogP contribution in [0.5, 0.6) is 0 Å². The van der Waals surface area contributed by atoms with E-state index in [9.17, 15) is 0 Å². The highest BCUT2D eigenvalue weighted by Crippen LogP contribution is 1.82. The monoisotopic (exact) mass is 248 g/mol. The van der Waals surface area contributed by atoms with Crippen molar-refractivity contribution in [3.63, 3.8) is 0 Å². The highest BCUT2D eigenvalue weighted by molar-refractivity contribution is 4.41. The molecule has 17 heavy (non-hydrogen) atoms. The number of nitrogens with one attached hydrogen (secondary N) is 1. The number of hydrogen-bond acceptors (Lipinski definition) is 5. The van der Waals surface area contributed by atoms with Crippen LogP contribution in [-0.2, 0) is 14.2 Å². The lowest BCUT2D eigenvalue weighted by Gasteiger charge is -2.10. The molecule has 0 saturated carbocycles. The van der Waals surface area contributed by atoms with Crippen LogP contribution in [0.2, 0.25) is 0 Å². The third-order valence-corrected chi connectivity index (χ3v) is 2.10. The number of nitrogens with zero attached hydrogens (tertiary/aromatic N) is 1. The zero-order chi connectivity index (χ0) is 12.8. The van der Waals surface area contributed by atoms with Gasteiger partial charge in [0.15, 0.2) is 0 Å². The summed E-state index contributed by atoms with van der Waals surface area (Å²) in [4.78, 5) is 2.10. The van der Waals surface area contributed by atoms with Gasteiger partial charge in [0.2, 0.25) is 0 Å². The van der Waals surface area contributed by atoms with Crippen LogP contribution >= 0.6 is 0 Å². The maximum atomic E-state index is 5.39. The summed E-state index contributed by atoms with van der Waals surface area (Å²) in [5.74, 6) is 0. The molecule has 5 heteroatoms.